The van der Waals surface area contributed by atoms with E-state index in [1.54, 1.807) is 0 Å². The van der Waals surface area contributed by atoms with Gasteiger partial charge in [-0.3, -0.25) is 4.90 Å². The second-order valence-corrected chi connectivity index (χ2v) is 8.43. The second-order valence-electron chi connectivity index (χ2n) is 8.43. The molecule has 150 valence electrons. The van der Waals surface area contributed by atoms with Crippen LogP contribution in [-0.2, 0) is 6.54 Å². The first kappa shape index (κ1) is 18.2. The van der Waals surface area contributed by atoms with Crippen molar-refractivity contribution in [3.8, 4) is 11.3 Å². The molecule has 0 spiro atoms. The van der Waals surface area contributed by atoms with Gasteiger partial charge >= 0.3 is 0 Å². The number of aryl methyl sites for hydroxylation is 1. The van der Waals surface area contributed by atoms with Crippen LogP contribution in [0.25, 0.3) is 33.3 Å². The number of pyridine rings is 1. The Morgan fingerprint density at radius 1 is 1.07 bits per heavy atom. The SMILES string of the molecule is Cc1nc2nc(N)cc(-c3cc4ccc(CN(C)C5CCCCC5)cc4[nH]3)c2[nH]1. The Labute approximate surface area is 170 Å². The maximum atomic E-state index is 6.03. The van der Waals surface area contributed by atoms with E-state index in [0.717, 1.165) is 40.7 Å². The van der Waals surface area contributed by atoms with Crippen molar-refractivity contribution >= 4 is 27.9 Å². The quantitative estimate of drug-likeness (QED) is 0.470. The lowest BCUT2D eigenvalue weighted by Gasteiger charge is -2.31. The zero-order valence-electron chi connectivity index (χ0n) is 17.1. The summed E-state index contributed by atoms with van der Waals surface area (Å²) in [6.45, 7) is 2.92. The Morgan fingerprint density at radius 2 is 1.90 bits per heavy atom. The zero-order valence-corrected chi connectivity index (χ0v) is 17.1. The van der Waals surface area contributed by atoms with Crippen molar-refractivity contribution in [2.45, 2.75) is 51.6 Å². The topological polar surface area (TPSA) is 86.6 Å². The summed E-state index contributed by atoms with van der Waals surface area (Å²) >= 11 is 0. The van der Waals surface area contributed by atoms with Gasteiger partial charge in [0, 0.05) is 34.7 Å². The summed E-state index contributed by atoms with van der Waals surface area (Å²) in [4.78, 5) is 18.2. The summed E-state index contributed by atoms with van der Waals surface area (Å²) in [5.41, 5.74) is 12.1. The molecular formula is C23H28N6. The summed E-state index contributed by atoms with van der Waals surface area (Å²) in [5.74, 6) is 1.32. The molecule has 0 saturated heterocycles. The van der Waals surface area contributed by atoms with Crippen LogP contribution < -0.4 is 5.73 Å². The average Bonchev–Trinajstić information content (AvgIpc) is 3.30. The lowest BCUT2D eigenvalue weighted by atomic mass is 9.94. The first-order valence-corrected chi connectivity index (χ1v) is 10.5. The lowest BCUT2D eigenvalue weighted by Crippen LogP contribution is -2.32. The summed E-state index contributed by atoms with van der Waals surface area (Å²) in [6.07, 6.45) is 6.78. The number of nitrogen functional groups attached to an aromatic ring is 1. The minimum absolute atomic E-state index is 0.479. The highest BCUT2D eigenvalue weighted by Crippen LogP contribution is 2.31. The standard InChI is InChI=1S/C23H28N6/c1-14-25-22-18(12-21(24)28-23(22)26-14)20-11-16-9-8-15(10-19(16)27-20)13-29(2)17-6-4-3-5-7-17/h8-12,17,27H,3-7,13H2,1-2H3,(H3,24,25,26,28). The van der Waals surface area contributed by atoms with E-state index in [0.29, 0.717) is 11.5 Å². The number of anilines is 1. The van der Waals surface area contributed by atoms with Crippen molar-refractivity contribution in [1.82, 2.24) is 24.8 Å². The van der Waals surface area contributed by atoms with Gasteiger partial charge in [0.2, 0.25) is 0 Å². The molecule has 4 N–H and O–H groups in total. The van der Waals surface area contributed by atoms with Crippen LogP contribution in [0.15, 0.2) is 30.3 Å². The lowest BCUT2D eigenvalue weighted by molar-refractivity contribution is 0.184. The van der Waals surface area contributed by atoms with Crippen LogP contribution in [0.3, 0.4) is 0 Å². The fraction of sp³-hybridized carbons (Fsp3) is 0.391. The fourth-order valence-corrected chi connectivity index (χ4v) is 4.69. The molecular weight excluding hydrogens is 360 g/mol. The number of H-pyrrole nitrogens is 2. The third-order valence-electron chi connectivity index (χ3n) is 6.21. The Morgan fingerprint density at radius 3 is 2.72 bits per heavy atom. The molecule has 0 atom stereocenters. The van der Waals surface area contributed by atoms with Crippen molar-refractivity contribution < 1.29 is 0 Å². The van der Waals surface area contributed by atoms with Crippen molar-refractivity contribution in [3.63, 3.8) is 0 Å². The Bertz CT molecular complexity index is 1170. The van der Waals surface area contributed by atoms with Gasteiger partial charge in [-0.2, -0.15) is 0 Å². The van der Waals surface area contributed by atoms with Gasteiger partial charge in [0.25, 0.3) is 0 Å². The number of aromatic amines is 2. The highest BCUT2D eigenvalue weighted by atomic mass is 15.1. The molecule has 3 aromatic heterocycles. The molecule has 0 radical (unpaired) electrons. The molecule has 1 aliphatic rings. The van der Waals surface area contributed by atoms with Crippen LogP contribution in [0.1, 0.15) is 43.5 Å². The number of aromatic nitrogens is 4. The van der Waals surface area contributed by atoms with E-state index in [2.05, 4.69) is 56.1 Å². The van der Waals surface area contributed by atoms with Crippen molar-refractivity contribution in [2.24, 2.45) is 0 Å². The fourth-order valence-electron chi connectivity index (χ4n) is 4.69. The third kappa shape index (κ3) is 3.49. The highest BCUT2D eigenvalue weighted by Gasteiger charge is 2.18. The maximum Gasteiger partial charge on any atom is 0.180 e. The van der Waals surface area contributed by atoms with E-state index in [-0.39, 0.29) is 0 Å². The predicted molar refractivity (Wildman–Crippen MR) is 119 cm³/mol. The molecule has 5 rings (SSSR count). The number of benzene rings is 1. The second kappa shape index (κ2) is 7.19. The molecule has 6 heteroatoms. The summed E-state index contributed by atoms with van der Waals surface area (Å²) < 4.78 is 0. The number of hydrogen-bond donors (Lipinski definition) is 3. The van der Waals surface area contributed by atoms with Crippen LogP contribution in [0.2, 0.25) is 0 Å². The van der Waals surface area contributed by atoms with Crippen LogP contribution in [0, 0.1) is 6.92 Å². The monoisotopic (exact) mass is 388 g/mol. The van der Waals surface area contributed by atoms with Crippen LogP contribution in [-0.4, -0.2) is 37.9 Å². The Balaban J connectivity index is 1.47. The van der Waals surface area contributed by atoms with E-state index >= 15 is 0 Å². The minimum Gasteiger partial charge on any atom is -0.384 e. The van der Waals surface area contributed by atoms with Gasteiger partial charge in [-0.1, -0.05) is 31.4 Å². The van der Waals surface area contributed by atoms with E-state index in [1.165, 1.54) is 43.1 Å². The number of nitrogens with zero attached hydrogens (tertiary/aromatic N) is 3. The molecule has 1 aromatic carbocycles. The number of hydrogen-bond acceptors (Lipinski definition) is 4. The van der Waals surface area contributed by atoms with Gasteiger partial charge in [0.1, 0.15) is 11.6 Å². The Kier molecular flexibility index (Phi) is 4.51. The zero-order chi connectivity index (χ0) is 20.0. The van der Waals surface area contributed by atoms with Gasteiger partial charge < -0.3 is 15.7 Å². The van der Waals surface area contributed by atoms with E-state index < -0.39 is 0 Å². The van der Waals surface area contributed by atoms with E-state index in [1.807, 2.05) is 13.0 Å². The van der Waals surface area contributed by atoms with Gasteiger partial charge in [-0.05, 0) is 50.6 Å². The molecule has 4 aromatic rings. The summed E-state index contributed by atoms with van der Waals surface area (Å²) in [5, 5.41) is 1.20. The van der Waals surface area contributed by atoms with Crippen molar-refractivity contribution in [3.05, 3.63) is 41.7 Å². The first-order chi connectivity index (χ1) is 14.1. The number of nitrogens with one attached hydrogen (secondary N) is 2. The number of fused-ring (bicyclic) bond motifs is 2. The molecule has 6 nitrogen and oxygen atoms in total. The number of nitrogens with two attached hydrogens (primary N) is 1. The average molecular weight is 389 g/mol. The molecule has 3 heterocycles. The molecule has 0 amide bonds. The maximum absolute atomic E-state index is 6.03. The van der Waals surface area contributed by atoms with Crippen LogP contribution in [0.5, 0.6) is 0 Å². The molecule has 29 heavy (non-hydrogen) atoms. The van der Waals surface area contributed by atoms with Crippen molar-refractivity contribution in [2.75, 3.05) is 12.8 Å². The van der Waals surface area contributed by atoms with Crippen LogP contribution >= 0.6 is 0 Å². The predicted octanol–water partition coefficient (Wildman–Crippen LogP) is 4.76. The van der Waals surface area contributed by atoms with Gasteiger partial charge in [-0.15, -0.1) is 0 Å². The molecule has 0 aliphatic heterocycles. The number of imidazole rings is 1. The smallest absolute Gasteiger partial charge is 0.180 e. The van der Waals surface area contributed by atoms with E-state index in [9.17, 15) is 0 Å². The largest absolute Gasteiger partial charge is 0.384 e. The normalized spacial score (nSPS) is 15.7. The third-order valence-corrected chi connectivity index (χ3v) is 6.21. The van der Waals surface area contributed by atoms with Gasteiger partial charge in [-0.25, -0.2) is 9.97 Å². The van der Waals surface area contributed by atoms with Crippen molar-refractivity contribution in [1.29, 1.82) is 0 Å². The first-order valence-electron chi connectivity index (χ1n) is 10.5. The summed E-state index contributed by atoms with van der Waals surface area (Å²) in [6, 6.07) is 11.5. The van der Waals surface area contributed by atoms with Gasteiger partial charge in [0.15, 0.2) is 5.65 Å². The molecule has 1 aliphatic carbocycles. The number of rotatable bonds is 4. The minimum atomic E-state index is 0.479. The molecule has 0 bridgehead atoms. The highest BCUT2D eigenvalue weighted by molar-refractivity contribution is 5.95. The van der Waals surface area contributed by atoms with Crippen LogP contribution in [0.4, 0.5) is 5.82 Å². The molecule has 0 unspecified atom stereocenters. The summed E-state index contributed by atoms with van der Waals surface area (Å²) in [7, 11) is 2.26. The molecule has 1 saturated carbocycles. The van der Waals surface area contributed by atoms with E-state index in [4.69, 9.17) is 5.73 Å². The molecule has 1 fully saturated rings. The Hall–Kier alpha value is -2.86. The van der Waals surface area contributed by atoms with Gasteiger partial charge in [0.05, 0.1) is 5.52 Å².